The molecule has 6 heteroatoms. The minimum atomic E-state index is -1.60. The van der Waals surface area contributed by atoms with Crippen molar-refractivity contribution in [3.05, 3.63) is 88.9 Å². The fourth-order valence-electron chi connectivity index (χ4n) is 3.93. The standard InChI is InChI=1S/C23H14F3NO2.C2H6/c1-12-4-2-7-19-20(12)15-6-3-5-14-16(10-27(11-29-19)22(14)15)23(28)13-8-17(24)21(26)18(25)9-13;1-2/h2-10H,11H2,1H3;1-2H3. The summed E-state index contributed by atoms with van der Waals surface area (Å²) in [5.41, 5.74) is 3.69. The quantitative estimate of drug-likeness (QED) is 0.267. The van der Waals surface area contributed by atoms with E-state index in [-0.39, 0.29) is 17.9 Å². The first kappa shape index (κ1) is 20.7. The Morgan fingerprint density at radius 2 is 1.68 bits per heavy atom. The third-order valence-corrected chi connectivity index (χ3v) is 5.25. The van der Waals surface area contributed by atoms with E-state index in [0.717, 1.165) is 40.1 Å². The molecule has 0 bridgehead atoms. The van der Waals surface area contributed by atoms with Gasteiger partial charge >= 0.3 is 0 Å². The molecule has 3 nitrogen and oxygen atoms in total. The van der Waals surface area contributed by atoms with Crippen LogP contribution in [0.5, 0.6) is 5.75 Å². The summed E-state index contributed by atoms with van der Waals surface area (Å²) in [4.78, 5) is 13.0. The molecule has 2 heterocycles. The maximum atomic E-state index is 13.6. The third kappa shape index (κ3) is 3.28. The van der Waals surface area contributed by atoms with Gasteiger partial charge in [-0.2, -0.15) is 0 Å². The van der Waals surface area contributed by atoms with Crippen molar-refractivity contribution in [3.63, 3.8) is 0 Å². The van der Waals surface area contributed by atoms with Crippen molar-refractivity contribution in [3.8, 4) is 16.9 Å². The summed E-state index contributed by atoms with van der Waals surface area (Å²) in [6.45, 7) is 6.17. The van der Waals surface area contributed by atoms with Crippen LogP contribution < -0.4 is 4.74 Å². The Morgan fingerprint density at radius 1 is 1.00 bits per heavy atom. The average Bonchev–Trinajstić information content (AvgIpc) is 3.06. The Bertz CT molecular complexity index is 1300. The van der Waals surface area contributed by atoms with E-state index in [0.29, 0.717) is 5.39 Å². The molecule has 0 spiro atoms. The van der Waals surface area contributed by atoms with Gasteiger partial charge < -0.3 is 9.30 Å². The van der Waals surface area contributed by atoms with E-state index < -0.39 is 23.2 Å². The summed E-state index contributed by atoms with van der Waals surface area (Å²) in [6, 6.07) is 12.8. The first-order valence-electron chi connectivity index (χ1n) is 9.99. The molecule has 1 aliphatic rings. The van der Waals surface area contributed by atoms with Crippen LogP contribution in [0.4, 0.5) is 13.2 Å². The molecule has 158 valence electrons. The minimum Gasteiger partial charge on any atom is -0.472 e. The number of carbonyl (C=O) groups excluding carboxylic acids is 1. The van der Waals surface area contributed by atoms with Crippen molar-refractivity contribution in [1.29, 1.82) is 0 Å². The number of ketones is 1. The number of halogens is 3. The number of aryl methyl sites for hydroxylation is 1. The normalized spacial score (nSPS) is 11.8. The van der Waals surface area contributed by atoms with E-state index in [4.69, 9.17) is 4.74 Å². The van der Waals surface area contributed by atoms with E-state index in [1.807, 2.05) is 51.1 Å². The molecule has 0 fully saturated rings. The van der Waals surface area contributed by atoms with Gasteiger partial charge in [0.2, 0.25) is 0 Å². The van der Waals surface area contributed by atoms with Crippen LogP contribution in [-0.2, 0) is 6.73 Å². The molecular weight excluding hydrogens is 403 g/mol. The highest BCUT2D eigenvalue weighted by Crippen LogP contribution is 2.41. The number of rotatable bonds is 2. The van der Waals surface area contributed by atoms with E-state index in [1.165, 1.54) is 0 Å². The molecule has 4 aromatic rings. The third-order valence-electron chi connectivity index (χ3n) is 5.25. The number of para-hydroxylation sites is 1. The second-order valence-electron chi connectivity index (χ2n) is 7.02. The summed E-state index contributed by atoms with van der Waals surface area (Å²) < 4.78 is 48.3. The van der Waals surface area contributed by atoms with Gasteiger partial charge in [-0.05, 0) is 30.7 Å². The summed E-state index contributed by atoms with van der Waals surface area (Å²) in [5, 5.41) is 0.636. The molecule has 0 saturated heterocycles. The van der Waals surface area contributed by atoms with Crippen LogP contribution >= 0.6 is 0 Å². The number of fused-ring (bicyclic) bond motifs is 2. The van der Waals surface area contributed by atoms with Crippen LogP contribution in [0.3, 0.4) is 0 Å². The molecule has 0 amide bonds. The number of carbonyl (C=O) groups is 1. The second kappa shape index (κ2) is 7.95. The van der Waals surface area contributed by atoms with Gasteiger partial charge in [0.15, 0.2) is 30.0 Å². The number of aromatic nitrogens is 1. The fourth-order valence-corrected chi connectivity index (χ4v) is 3.93. The lowest BCUT2D eigenvalue weighted by molar-refractivity contribution is 0.103. The van der Waals surface area contributed by atoms with Gasteiger partial charge in [0.05, 0.1) is 5.52 Å². The molecular formula is C25H20F3NO2. The summed E-state index contributed by atoms with van der Waals surface area (Å²) in [7, 11) is 0. The van der Waals surface area contributed by atoms with E-state index in [9.17, 15) is 18.0 Å². The highest BCUT2D eigenvalue weighted by Gasteiger charge is 2.25. The largest absolute Gasteiger partial charge is 0.472 e. The van der Waals surface area contributed by atoms with Crippen molar-refractivity contribution >= 4 is 16.7 Å². The van der Waals surface area contributed by atoms with Crippen LogP contribution in [0, 0.1) is 24.4 Å². The van der Waals surface area contributed by atoms with Crippen LogP contribution in [0.1, 0.15) is 35.3 Å². The number of benzene rings is 3. The monoisotopic (exact) mass is 423 g/mol. The van der Waals surface area contributed by atoms with Gasteiger partial charge in [0.1, 0.15) is 5.75 Å². The van der Waals surface area contributed by atoms with E-state index in [1.54, 1.807) is 16.8 Å². The van der Waals surface area contributed by atoms with Crippen LogP contribution in [0.2, 0.25) is 0 Å². The Labute approximate surface area is 177 Å². The average molecular weight is 423 g/mol. The second-order valence-corrected chi connectivity index (χ2v) is 7.02. The zero-order valence-electron chi connectivity index (χ0n) is 17.3. The molecule has 0 aliphatic carbocycles. The van der Waals surface area contributed by atoms with Crippen molar-refractivity contribution in [2.24, 2.45) is 0 Å². The molecule has 0 N–H and O–H groups in total. The lowest BCUT2D eigenvalue weighted by Gasteiger charge is -2.11. The summed E-state index contributed by atoms with van der Waals surface area (Å²) in [5.74, 6) is -4.23. The summed E-state index contributed by atoms with van der Waals surface area (Å²) >= 11 is 0. The highest BCUT2D eigenvalue weighted by molar-refractivity contribution is 6.18. The summed E-state index contributed by atoms with van der Waals surface area (Å²) in [6.07, 6.45) is 1.61. The van der Waals surface area contributed by atoms with Gasteiger partial charge in [-0.3, -0.25) is 4.79 Å². The molecule has 1 aliphatic heterocycles. The molecule has 0 saturated carbocycles. The number of hydrogen-bond donors (Lipinski definition) is 0. The van der Waals surface area contributed by atoms with Crippen molar-refractivity contribution in [2.45, 2.75) is 27.5 Å². The van der Waals surface area contributed by atoms with Crippen molar-refractivity contribution in [1.82, 2.24) is 4.57 Å². The van der Waals surface area contributed by atoms with Crippen molar-refractivity contribution < 1.29 is 22.7 Å². The highest BCUT2D eigenvalue weighted by atomic mass is 19.2. The number of nitrogens with zero attached hydrogens (tertiary/aromatic N) is 1. The lowest BCUT2D eigenvalue weighted by atomic mass is 9.95. The molecule has 3 aromatic carbocycles. The van der Waals surface area contributed by atoms with Crippen molar-refractivity contribution in [2.75, 3.05) is 0 Å². The number of ether oxygens (including phenoxy) is 1. The fraction of sp³-hybridized carbons (Fsp3) is 0.160. The van der Waals surface area contributed by atoms with Crippen LogP contribution in [0.15, 0.2) is 54.7 Å². The molecule has 0 radical (unpaired) electrons. The molecule has 31 heavy (non-hydrogen) atoms. The molecule has 1 aromatic heterocycles. The maximum Gasteiger partial charge on any atom is 0.195 e. The topological polar surface area (TPSA) is 31.2 Å². The van der Waals surface area contributed by atoms with Crippen LogP contribution in [-0.4, -0.2) is 10.4 Å². The SMILES string of the molecule is CC.Cc1cccc2c1-c1cccc3c(C(=O)c4cc(F)c(F)c(F)c4)cn(c13)CO2. The first-order chi connectivity index (χ1) is 15.0. The van der Waals surface area contributed by atoms with Gasteiger partial charge in [-0.1, -0.05) is 44.2 Å². The first-order valence-corrected chi connectivity index (χ1v) is 9.99. The zero-order valence-corrected chi connectivity index (χ0v) is 17.3. The molecule has 0 atom stereocenters. The Morgan fingerprint density at radius 3 is 2.39 bits per heavy atom. The molecule has 5 rings (SSSR count). The van der Waals surface area contributed by atoms with Gasteiger partial charge in [-0.15, -0.1) is 0 Å². The smallest absolute Gasteiger partial charge is 0.195 e. The van der Waals surface area contributed by atoms with Gasteiger partial charge in [0.25, 0.3) is 0 Å². The van der Waals surface area contributed by atoms with E-state index in [2.05, 4.69) is 0 Å². The molecule has 0 unspecified atom stereocenters. The lowest BCUT2D eigenvalue weighted by Crippen LogP contribution is -2.05. The van der Waals surface area contributed by atoms with Gasteiger partial charge in [0, 0.05) is 33.8 Å². The Kier molecular flexibility index (Phi) is 5.31. The predicted molar refractivity (Wildman–Crippen MR) is 114 cm³/mol. The maximum absolute atomic E-state index is 13.6. The number of hydrogen-bond acceptors (Lipinski definition) is 2. The predicted octanol–water partition coefficient (Wildman–Crippen LogP) is 6.64. The minimum absolute atomic E-state index is 0.184. The van der Waals surface area contributed by atoms with E-state index >= 15 is 0 Å². The Balaban J connectivity index is 0.00000112. The zero-order chi connectivity index (χ0) is 22.3. The van der Waals surface area contributed by atoms with Crippen LogP contribution in [0.25, 0.3) is 22.0 Å². The Hall–Kier alpha value is -3.54. The van der Waals surface area contributed by atoms with Gasteiger partial charge in [-0.25, -0.2) is 13.2 Å².